The Labute approximate surface area is 263 Å². The number of pyridine rings is 1. The summed E-state index contributed by atoms with van der Waals surface area (Å²) in [6.45, 7) is 2.21. The molecule has 45 heavy (non-hydrogen) atoms. The molecule has 11 heteroatoms. The van der Waals surface area contributed by atoms with E-state index in [1.807, 2.05) is 30.3 Å². The summed E-state index contributed by atoms with van der Waals surface area (Å²) in [7, 11) is 1.53. The number of methoxy groups -OCH3 is 1. The lowest BCUT2D eigenvalue weighted by Crippen LogP contribution is -2.40. The maximum Gasteiger partial charge on any atom is 0.251 e. The summed E-state index contributed by atoms with van der Waals surface area (Å²) in [5.74, 6) is -2.10. The number of aromatic nitrogens is 1. The number of nitrogens with two attached hydrogens (primary N) is 1. The number of rotatable bonds is 8. The van der Waals surface area contributed by atoms with Gasteiger partial charge >= 0.3 is 0 Å². The summed E-state index contributed by atoms with van der Waals surface area (Å²) < 4.78 is 46.5. The summed E-state index contributed by atoms with van der Waals surface area (Å²) in [4.78, 5) is 31.0. The second-order valence-electron chi connectivity index (χ2n) is 11.3. The Kier molecular flexibility index (Phi) is 8.09. The number of carbonyl (C=O) groups excluding carboxylic acids is 2. The van der Waals surface area contributed by atoms with Crippen molar-refractivity contribution in [1.82, 2.24) is 10.3 Å². The van der Waals surface area contributed by atoms with Crippen LogP contribution in [0.3, 0.4) is 0 Å². The summed E-state index contributed by atoms with van der Waals surface area (Å²) in [5, 5.41) is 2.70. The van der Waals surface area contributed by atoms with Crippen LogP contribution in [-0.2, 0) is 16.6 Å². The first-order valence-electron chi connectivity index (χ1n) is 14.4. The quantitative estimate of drug-likeness (QED) is 0.240. The number of nitrogens with zero attached hydrogens (tertiary/aromatic N) is 1. The largest absolute Gasteiger partial charge is 0.493 e. The standard InChI is InChI=1S/C34H30ClF2N3O5/c1-34(33(38)42)17-45-31-23(34)14-27(40-29(31)21-13-24(35)26(37)15-25(21)36)22(18-7-4-3-5-8-18)16-39-32(41)20-11-19-9-6-10-44-30(19)28(12-20)43-2/h3-5,7-8,11-15,22H,6,9-10,16-17H2,1-2H3,(H2,38,42)(H,39,41)/t22-,34-/m0/s1. The van der Waals surface area contributed by atoms with Crippen molar-refractivity contribution in [2.75, 3.05) is 26.9 Å². The molecule has 2 amide bonds. The third kappa shape index (κ3) is 5.55. The number of hydrogen-bond donors (Lipinski definition) is 2. The molecule has 1 aromatic heterocycles. The fourth-order valence-electron chi connectivity index (χ4n) is 5.78. The fourth-order valence-corrected chi connectivity index (χ4v) is 5.94. The highest BCUT2D eigenvalue weighted by atomic mass is 35.5. The van der Waals surface area contributed by atoms with Crippen LogP contribution in [-0.4, -0.2) is 43.7 Å². The Hall–Kier alpha value is -4.70. The van der Waals surface area contributed by atoms with E-state index >= 15 is 4.39 Å². The molecular weight excluding hydrogens is 604 g/mol. The highest BCUT2D eigenvalue weighted by Gasteiger charge is 2.44. The van der Waals surface area contributed by atoms with Gasteiger partial charge in [0.05, 0.1) is 24.4 Å². The van der Waals surface area contributed by atoms with Gasteiger partial charge in [0.2, 0.25) is 5.91 Å². The Balaban J connectivity index is 1.44. The first-order chi connectivity index (χ1) is 21.6. The number of fused-ring (bicyclic) bond motifs is 2. The minimum atomic E-state index is -1.26. The molecule has 8 nitrogen and oxygen atoms in total. The molecule has 0 saturated carbocycles. The maximum absolute atomic E-state index is 15.3. The second-order valence-corrected chi connectivity index (χ2v) is 11.7. The van der Waals surface area contributed by atoms with Crippen molar-refractivity contribution >= 4 is 23.4 Å². The molecule has 3 heterocycles. The predicted octanol–water partition coefficient (Wildman–Crippen LogP) is 5.71. The average molecular weight is 634 g/mol. The van der Waals surface area contributed by atoms with Crippen LogP contribution in [0.5, 0.6) is 17.2 Å². The van der Waals surface area contributed by atoms with Gasteiger partial charge in [-0.1, -0.05) is 41.9 Å². The number of amides is 2. The third-order valence-corrected chi connectivity index (χ3v) is 8.67. The number of aryl methyl sites for hydroxylation is 1. The number of nitrogens with one attached hydrogen (secondary N) is 1. The molecule has 0 radical (unpaired) electrons. The number of primary amides is 1. The van der Waals surface area contributed by atoms with Crippen molar-refractivity contribution in [1.29, 1.82) is 0 Å². The van der Waals surface area contributed by atoms with Crippen LogP contribution in [0.25, 0.3) is 11.3 Å². The first-order valence-corrected chi connectivity index (χ1v) is 14.8. The van der Waals surface area contributed by atoms with E-state index in [1.165, 1.54) is 7.11 Å². The topological polar surface area (TPSA) is 113 Å². The summed E-state index contributed by atoms with van der Waals surface area (Å²) in [6, 6.07) is 16.3. The highest BCUT2D eigenvalue weighted by Crippen LogP contribution is 2.46. The molecule has 6 rings (SSSR count). The van der Waals surface area contributed by atoms with Gasteiger partial charge in [-0.2, -0.15) is 0 Å². The van der Waals surface area contributed by atoms with Gasteiger partial charge in [0.1, 0.15) is 35.1 Å². The van der Waals surface area contributed by atoms with E-state index in [1.54, 1.807) is 25.1 Å². The zero-order chi connectivity index (χ0) is 31.9. The Morgan fingerprint density at radius 2 is 1.87 bits per heavy atom. The van der Waals surface area contributed by atoms with Crippen LogP contribution in [0.1, 0.15) is 52.0 Å². The number of hydrogen-bond acceptors (Lipinski definition) is 6. The van der Waals surface area contributed by atoms with E-state index in [9.17, 15) is 14.0 Å². The highest BCUT2D eigenvalue weighted by molar-refractivity contribution is 6.31. The van der Waals surface area contributed by atoms with E-state index in [2.05, 4.69) is 5.32 Å². The molecule has 2 atom stereocenters. The second kappa shape index (κ2) is 12.0. The predicted molar refractivity (Wildman–Crippen MR) is 164 cm³/mol. The third-order valence-electron chi connectivity index (χ3n) is 8.38. The minimum absolute atomic E-state index is 0.0403. The van der Waals surface area contributed by atoms with Crippen molar-refractivity contribution in [3.8, 4) is 28.5 Å². The van der Waals surface area contributed by atoms with Crippen molar-refractivity contribution in [3.63, 3.8) is 0 Å². The molecule has 4 aromatic rings. The smallest absolute Gasteiger partial charge is 0.251 e. The zero-order valence-corrected chi connectivity index (χ0v) is 25.3. The van der Waals surface area contributed by atoms with Crippen molar-refractivity contribution in [2.45, 2.75) is 31.1 Å². The lowest BCUT2D eigenvalue weighted by atomic mass is 9.81. The Bertz CT molecular complexity index is 1800. The van der Waals surface area contributed by atoms with Gasteiger partial charge in [0, 0.05) is 35.2 Å². The van der Waals surface area contributed by atoms with Crippen molar-refractivity contribution in [2.24, 2.45) is 5.73 Å². The molecule has 0 bridgehead atoms. The van der Waals surface area contributed by atoms with Gasteiger partial charge < -0.3 is 25.3 Å². The van der Waals surface area contributed by atoms with Crippen LogP contribution < -0.4 is 25.3 Å². The van der Waals surface area contributed by atoms with Crippen LogP contribution in [0.15, 0.2) is 60.7 Å². The van der Waals surface area contributed by atoms with Gasteiger partial charge in [-0.05, 0) is 55.2 Å². The number of benzene rings is 3. The van der Waals surface area contributed by atoms with E-state index < -0.39 is 28.9 Å². The molecule has 2 aliphatic rings. The zero-order valence-electron chi connectivity index (χ0n) is 24.6. The number of halogens is 3. The lowest BCUT2D eigenvalue weighted by molar-refractivity contribution is -0.123. The molecule has 0 spiro atoms. The molecule has 3 N–H and O–H groups in total. The van der Waals surface area contributed by atoms with E-state index in [-0.39, 0.29) is 41.1 Å². The van der Waals surface area contributed by atoms with E-state index in [0.29, 0.717) is 41.0 Å². The number of ether oxygens (including phenoxy) is 3. The van der Waals surface area contributed by atoms with Gasteiger partial charge in [0.15, 0.2) is 11.5 Å². The average Bonchev–Trinajstić information content (AvgIpc) is 3.40. The van der Waals surface area contributed by atoms with Gasteiger partial charge in [-0.25, -0.2) is 13.8 Å². The fraction of sp³-hybridized carbons (Fsp3) is 0.265. The Morgan fingerprint density at radius 1 is 1.09 bits per heavy atom. The molecule has 0 aliphatic carbocycles. The monoisotopic (exact) mass is 633 g/mol. The molecule has 0 unspecified atom stereocenters. The van der Waals surface area contributed by atoms with E-state index in [4.69, 9.17) is 36.5 Å². The molecule has 0 fully saturated rings. The molecule has 2 aliphatic heterocycles. The maximum atomic E-state index is 15.3. The Morgan fingerprint density at radius 3 is 2.60 bits per heavy atom. The van der Waals surface area contributed by atoms with Crippen LogP contribution in [0.4, 0.5) is 8.78 Å². The van der Waals surface area contributed by atoms with Crippen molar-refractivity contribution in [3.05, 3.63) is 105 Å². The first kappa shape index (κ1) is 30.3. The summed E-state index contributed by atoms with van der Waals surface area (Å²) in [5.41, 5.74) is 7.40. The van der Waals surface area contributed by atoms with Gasteiger partial charge in [0.25, 0.3) is 5.91 Å². The molecule has 0 saturated heterocycles. The van der Waals surface area contributed by atoms with Gasteiger partial charge in [-0.15, -0.1) is 0 Å². The number of carbonyl (C=O) groups is 2. The van der Waals surface area contributed by atoms with Gasteiger partial charge in [-0.3, -0.25) is 9.59 Å². The van der Waals surface area contributed by atoms with Crippen LogP contribution >= 0.6 is 11.6 Å². The summed E-state index contributed by atoms with van der Waals surface area (Å²) >= 11 is 6.05. The molecule has 232 valence electrons. The van der Waals surface area contributed by atoms with Crippen LogP contribution in [0, 0.1) is 11.6 Å². The molecular formula is C34H30ClF2N3O5. The van der Waals surface area contributed by atoms with Crippen molar-refractivity contribution < 1.29 is 32.6 Å². The lowest BCUT2D eigenvalue weighted by Gasteiger charge is -2.23. The normalized spacial score (nSPS) is 17.4. The SMILES string of the molecule is COc1cc(C(=O)NC[C@@H](c2ccccc2)c2cc3c(c(-c4cc(Cl)c(F)cc4F)n2)OC[C@]3(C)C(N)=O)cc2c1OCCC2. The minimum Gasteiger partial charge on any atom is -0.493 e. The van der Waals surface area contributed by atoms with E-state index in [0.717, 1.165) is 30.0 Å². The van der Waals surface area contributed by atoms with Crippen LogP contribution in [0.2, 0.25) is 5.02 Å². The molecule has 3 aromatic carbocycles. The summed E-state index contributed by atoms with van der Waals surface area (Å²) in [6.07, 6.45) is 1.59.